The van der Waals surface area contributed by atoms with Crippen LogP contribution in [0.2, 0.25) is 0 Å². The molecule has 0 radical (unpaired) electrons. The zero-order valence-corrected chi connectivity index (χ0v) is 38.9. The van der Waals surface area contributed by atoms with Crippen molar-refractivity contribution in [2.75, 3.05) is 33.9 Å². The van der Waals surface area contributed by atoms with Gasteiger partial charge in [-0.05, 0) is 81.6 Å². The summed E-state index contributed by atoms with van der Waals surface area (Å²) in [6, 6.07) is 4.61. The molecule has 3 aromatic rings. The largest absolute Gasteiger partial charge is 0.469 e. The van der Waals surface area contributed by atoms with E-state index in [1.807, 2.05) is 39.0 Å². The smallest absolute Gasteiger partial charge is 0.310 e. The molecule has 3 aliphatic rings. The van der Waals surface area contributed by atoms with Gasteiger partial charge in [0.2, 0.25) is 0 Å². The third-order valence-electron chi connectivity index (χ3n) is 13.1. The molecular weight excluding hydrogens is 859 g/mol. The Hall–Kier alpha value is -5.31. The van der Waals surface area contributed by atoms with Crippen LogP contribution in [-0.4, -0.2) is 134 Å². The minimum absolute atomic E-state index is 0.00342. The number of aromatic amines is 2. The third kappa shape index (κ3) is 10.2. The number of fused-ring (bicyclic) bond motifs is 8. The molecule has 18 nitrogen and oxygen atoms in total. The topological polar surface area (TPSA) is 270 Å². The molecule has 3 aliphatic heterocycles. The van der Waals surface area contributed by atoms with Gasteiger partial charge in [0.15, 0.2) is 17.2 Å². The van der Waals surface area contributed by atoms with Crippen LogP contribution in [0.25, 0.3) is 22.1 Å². The van der Waals surface area contributed by atoms with E-state index < -0.39 is 61.0 Å². The number of carbonyl (C=O) groups excluding carboxylic acids is 4. The monoisotopic (exact) mass is 919 g/mol. The number of Topliss-reactive ketones (excluding diaryl/α,β-unsaturated/α-hetero) is 1. The van der Waals surface area contributed by atoms with E-state index in [1.165, 1.54) is 21.1 Å². The number of ketones is 1. The van der Waals surface area contributed by atoms with Crippen molar-refractivity contribution in [3.8, 4) is 0 Å². The van der Waals surface area contributed by atoms with Gasteiger partial charge in [-0.1, -0.05) is 20.8 Å². The van der Waals surface area contributed by atoms with E-state index in [4.69, 9.17) is 36.4 Å². The maximum absolute atomic E-state index is 14.5. The number of hydrogen-bond donors (Lipinski definition) is 9. The van der Waals surface area contributed by atoms with Crippen molar-refractivity contribution < 1.29 is 53.8 Å². The van der Waals surface area contributed by atoms with E-state index in [1.54, 1.807) is 0 Å². The number of rotatable bonds is 14. The number of aliphatic hydroxyl groups is 4. The molecule has 3 aromatic heterocycles. The molecule has 1 amide bonds. The molecule has 8 bridgehead atoms. The Labute approximate surface area is 382 Å². The predicted octanol–water partition coefficient (Wildman–Crippen LogP) is 3.37. The summed E-state index contributed by atoms with van der Waals surface area (Å²) >= 11 is 5.36. The van der Waals surface area contributed by atoms with E-state index >= 15 is 0 Å². The first-order chi connectivity index (χ1) is 30.9. The van der Waals surface area contributed by atoms with Crippen molar-refractivity contribution in [1.82, 2.24) is 35.9 Å². The highest BCUT2D eigenvalue weighted by Gasteiger charge is 2.44. The van der Waals surface area contributed by atoms with Gasteiger partial charge < -0.3 is 60.6 Å². The molecule has 6 heterocycles. The van der Waals surface area contributed by atoms with Crippen molar-refractivity contribution in [3.05, 3.63) is 68.8 Å². The summed E-state index contributed by atoms with van der Waals surface area (Å²) in [6.07, 6.45) is -4.38. The van der Waals surface area contributed by atoms with Crippen LogP contribution in [0.15, 0.2) is 18.2 Å². The molecule has 1 unspecified atom stereocenters. The molecule has 1 fully saturated rings. The highest BCUT2D eigenvalue weighted by molar-refractivity contribution is 7.80. The first-order valence-electron chi connectivity index (χ1n) is 22.0. The van der Waals surface area contributed by atoms with Gasteiger partial charge in [-0.2, -0.15) is 0 Å². The standard InChI is InChI=1S/C46H61N7O11S/c1-9-25-20(2)28-18-33-37(24(6)55)22(4)30(50-33)16-29-21(3)26(11-12-35(56)62-7)39(51-29)27(15-36(57)63-8)40-38(23(5)31(52-40)17-32(25)49-28)44(60)47-13-10-14-48-46(65)53-41-43(59)42(58)34(19-54)64-45(41)61/h16-18,20-21,25-26,34,41-43,45,50,52,54,58-59,61H,9-15,19H2,1-8H3,(H,47,60)(H2,48,53,65)/t20-,21+,25-,26+,34-,41-,42-,43-,45?/m1/s1. The number of H-pyrrole nitrogens is 2. The highest BCUT2D eigenvalue weighted by atomic mass is 32.1. The number of methoxy groups -OCH3 is 2. The molecule has 6 rings (SSSR count). The number of aryl methyl sites for hydroxylation is 2. The summed E-state index contributed by atoms with van der Waals surface area (Å²) in [7, 11) is 2.61. The Morgan fingerprint density at radius 3 is 2.11 bits per heavy atom. The Morgan fingerprint density at radius 2 is 1.45 bits per heavy atom. The van der Waals surface area contributed by atoms with Gasteiger partial charge in [0.25, 0.3) is 5.91 Å². The van der Waals surface area contributed by atoms with E-state index in [9.17, 15) is 39.6 Å². The van der Waals surface area contributed by atoms with Gasteiger partial charge >= 0.3 is 11.9 Å². The van der Waals surface area contributed by atoms with Crippen LogP contribution in [0.4, 0.5) is 0 Å². The summed E-state index contributed by atoms with van der Waals surface area (Å²) in [5.74, 6) is -2.18. The number of nitrogens with one attached hydrogen (secondary N) is 5. The quantitative estimate of drug-likeness (QED) is 0.0486. The number of amides is 1. The summed E-state index contributed by atoms with van der Waals surface area (Å²) in [5.41, 5.74) is 7.66. The van der Waals surface area contributed by atoms with Crippen molar-refractivity contribution >= 4 is 63.0 Å². The minimum atomic E-state index is -1.56. The van der Waals surface area contributed by atoms with Crippen LogP contribution in [-0.2, 0) is 30.2 Å². The number of thiocarbonyl (C=S) groups is 1. The summed E-state index contributed by atoms with van der Waals surface area (Å²) in [4.78, 5) is 71.0. The lowest BCUT2D eigenvalue weighted by atomic mass is 9.85. The number of aliphatic hydroxyl groups excluding tert-OH is 4. The molecule has 9 atom stereocenters. The van der Waals surface area contributed by atoms with Crippen molar-refractivity contribution in [1.29, 1.82) is 0 Å². The average Bonchev–Trinajstić information content (AvgIpc) is 3.97. The number of carbonyl (C=O) groups is 4. The van der Waals surface area contributed by atoms with Crippen molar-refractivity contribution in [2.45, 2.75) is 128 Å². The fourth-order valence-corrected chi connectivity index (χ4v) is 9.50. The van der Waals surface area contributed by atoms with E-state index in [-0.39, 0.29) is 60.1 Å². The number of hydrogen-bond acceptors (Lipinski definition) is 14. The van der Waals surface area contributed by atoms with Gasteiger partial charge in [-0.15, -0.1) is 0 Å². The highest BCUT2D eigenvalue weighted by Crippen LogP contribution is 2.44. The fraction of sp³-hybridized carbons (Fsp3) is 0.543. The lowest BCUT2D eigenvalue weighted by Crippen LogP contribution is -2.65. The van der Waals surface area contributed by atoms with Crippen LogP contribution in [0.1, 0.15) is 137 Å². The van der Waals surface area contributed by atoms with Gasteiger partial charge in [0, 0.05) is 82.4 Å². The fourth-order valence-electron chi connectivity index (χ4n) is 9.26. The molecule has 0 aliphatic carbocycles. The van der Waals surface area contributed by atoms with Crippen LogP contribution in [0.5, 0.6) is 0 Å². The van der Waals surface area contributed by atoms with Crippen molar-refractivity contribution in [2.24, 2.45) is 0 Å². The molecule has 1 saturated heterocycles. The van der Waals surface area contributed by atoms with Crippen molar-refractivity contribution in [3.63, 3.8) is 0 Å². The Balaban J connectivity index is 1.46. The van der Waals surface area contributed by atoms with Gasteiger partial charge in [0.1, 0.15) is 24.4 Å². The maximum atomic E-state index is 14.5. The number of nitrogens with zero attached hydrogens (tertiary/aromatic N) is 2. The van der Waals surface area contributed by atoms with Crippen LogP contribution >= 0.6 is 12.2 Å². The average molecular weight is 920 g/mol. The van der Waals surface area contributed by atoms with Crippen LogP contribution < -0.4 is 16.0 Å². The molecule has 352 valence electrons. The Kier molecular flexibility index (Phi) is 15.8. The molecule has 0 saturated carbocycles. The number of aromatic nitrogens is 4. The molecule has 0 spiro atoms. The molecule has 9 N–H and O–H groups in total. The predicted molar refractivity (Wildman–Crippen MR) is 245 cm³/mol. The molecule has 65 heavy (non-hydrogen) atoms. The lowest BCUT2D eigenvalue weighted by molar-refractivity contribution is -0.252. The first-order valence-corrected chi connectivity index (χ1v) is 22.4. The van der Waals surface area contributed by atoms with Gasteiger partial charge in [0.05, 0.1) is 49.5 Å². The molecule has 19 heteroatoms. The van der Waals surface area contributed by atoms with Gasteiger partial charge in [-0.3, -0.25) is 29.1 Å². The summed E-state index contributed by atoms with van der Waals surface area (Å²) in [5, 5.41) is 49.2. The number of ether oxygens (including phenoxy) is 3. The summed E-state index contributed by atoms with van der Waals surface area (Å²) in [6.45, 7) is 11.3. The Bertz CT molecular complexity index is 2490. The Morgan fingerprint density at radius 1 is 0.831 bits per heavy atom. The zero-order valence-electron chi connectivity index (χ0n) is 38.0. The second-order valence-electron chi connectivity index (χ2n) is 17.0. The number of esters is 2. The molecular formula is C46H61N7O11S. The van der Waals surface area contributed by atoms with Crippen LogP contribution in [0, 0.1) is 13.8 Å². The summed E-state index contributed by atoms with van der Waals surface area (Å²) < 4.78 is 15.4. The normalized spacial score (nSPS) is 24.0. The van der Waals surface area contributed by atoms with E-state index in [0.717, 1.165) is 23.4 Å². The van der Waals surface area contributed by atoms with Gasteiger partial charge in [-0.25, -0.2) is 0 Å². The first kappa shape index (κ1) is 49.1. The SMILES string of the molecule is CC[C@H]1c2cc3[nH]c(c(CC(=O)OC)c4nc(cc5[nH]c(cc(n2)[C@@H]1C)c(C(C)=O)c5C)[C@@H](C)[C@@H]4CCC(=O)OC)c(C(=O)NCCCNC(=S)N[C@H]1C(O)O[C@H](CO)[C@@H](O)[C@@H]1O)c3C. The second-order valence-corrected chi connectivity index (χ2v) is 17.5. The van der Waals surface area contributed by atoms with E-state index in [0.29, 0.717) is 63.0 Å². The lowest BCUT2D eigenvalue weighted by Gasteiger charge is -2.40. The van der Waals surface area contributed by atoms with Crippen LogP contribution in [0.3, 0.4) is 0 Å². The second kappa shape index (κ2) is 20.9. The third-order valence-corrected chi connectivity index (χ3v) is 13.3. The minimum Gasteiger partial charge on any atom is -0.469 e. The van der Waals surface area contributed by atoms with E-state index in [2.05, 4.69) is 39.8 Å². The molecule has 0 aromatic carbocycles. The maximum Gasteiger partial charge on any atom is 0.310 e. The zero-order chi connectivity index (χ0) is 47.4.